The summed E-state index contributed by atoms with van der Waals surface area (Å²) in [5, 5.41) is 3.60. The highest BCUT2D eigenvalue weighted by molar-refractivity contribution is 7.90. The molecule has 1 fully saturated rings. The van der Waals surface area contributed by atoms with Gasteiger partial charge in [-0.05, 0) is 25.8 Å². The van der Waals surface area contributed by atoms with Crippen molar-refractivity contribution in [1.29, 1.82) is 0 Å². The molecule has 1 aliphatic carbocycles. The fourth-order valence-corrected chi connectivity index (χ4v) is 2.45. The van der Waals surface area contributed by atoms with Gasteiger partial charge in [0, 0.05) is 17.7 Å². The molecule has 3 nitrogen and oxygen atoms in total. The molecule has 78 valence electrons. The van der Waals surface area contributed by atoms with Crippen LogP contribution in [-0.2, 0) is 9.84 Å². The van der Waals surface area contributed by atoms with Crippen LogP contribution in [0.2, 0.25) is 0 Å². The lowest BCUT2D eigenvalue weighted by atomic mass is 9.92. The van der Waals surface area contributed by atoms with Crippen LogP contribution in [-0.4, -0.2) is 38.4 Å². The predicted octanol–water partition coefficient (Wildman–Crippen LogP) is 0.781. The number of rotatable bonds is 5. The van der Waals surface area contributed by atoms with E-state index in [9.17, 15) is 8.42 Å². The Labute approximate surface area is 84.8 Å². The van der Waals surface area contributed by atoms with Gasteiger partial charge in [-0.15, -0.1) is 11.6 Å². The zero-order valence-corrected chi connectivity index (χ0v) is 9.37. The fourth-order valence-electron chi connectivity index (χ4n) is 1.36. The van der Waals surface area contributed by atoms with E-state index in [0.717, 1.165) is 19.4 Å². The second kappa shape index (κ2) is 4.62. The molecule has 0 aromatic heterocycles. The minimum atomic E-state index is -2.79. The van der Waals surface area contributed by atoms with Crippen molar-refractivity contribution in [3.05, 3.63) is 0 Å². The number of sulfone groups is 1. The first-order valence-electron chi connectivity index (χ1n) is 4.52. The third-order valence-electron chi connectivity index (χ3n) is 2.21. The van der Waals surface area contributed by atoms with Gasteiger partial charge >= 0.3 is 0 Å². The third-order valence-corrected chi connectivity index (χ3v) is 3.59. The molecule has 0 saturated heterocycles. The first kappa shape index (κ1) is 11.3. The summed E-state index contributed by atoms with van der Waals surface area (Å²) in [4.78, 5) is 0. The van der Waals surface area contributed by atoms with Crippen molar-refractivity contribution in [1.82, 2.24) is 5.32 Å². The molecule has 1 N–H and O–H groups in total. The van der Waals surface area contributed by atoms with Crippen molar-refractivity contribution >= 4 is 21.4 Å². The van der Waals surface area contributed by atoms with E-state index in [1.807, 2.05) is 0 Å². The van der Waals surface area contributed by atoms with Gasteiger partial charge in [-0.2, -0.15) is 0 Å². The molecule has 1 rings (SSSR count). The van der Waals surface area contributed by atoms with Crippen molar-refractivity contribution < 1.29 is 8.42 Å². The smallest absolute Gasteiger partial charge is 0.147 e. The van der Waals surface area contributed by atoms with E-state index in [2.05, 4.69) is 5.32 Å². The van der Waals surface area contributed by atoms with Crippen LogP contribution in [0.25, 0.3) is 0 Å². The second-order valence-corrected chi connectivity index (χ2v) is 6.58. The average molecular weight is 226 g/mol. The van der Waals surface area contributed by atoms with Gasteiger partial charge in [-0.3, -0.25) is 0 Å². The summed E-state index contributed by atoms with van der Waals surface area (Å²) in [6, 6.07) is 0.516. The van der Waals surface area contributed by atoms with E-state index in [0.29, 0.717) is 17.8 Å². The standard InChI is InChI=1S/C8H16ClNO2S/c1-13(11,12)4-2-3-10-8-5-7(9)6-8/h7-8,10H,2-6H2,1H3. The van der Waals surface area contributed by atoms with E-state index in [1.165, 1.54) is 6.26 Å². The molecule has 0 atom stereocenters. The lowest BCUT2D eigenvalue weighted by Crippen LogP contribution is -2.42. The highest BCUT2D eigenvalue weighted by Gasteiger charge is 2.26. The Bertz CT molecular complexity index is 247. The number of hydrogen-bond acceptors (Lipinski definition) is 3. The Kier molecular flexibility index (Phi) is 4.01. The van der Waals surface area contributed by atoms with Crippen LogP contribution in [0.15, 0.2) is 0 Å². The van der Waals surface area contributed by atoms with Crippen LogP contribution in [0.1, 0.15) is 19.3 Å². The van der Waals surface area contributed by atoms with Crippen LogP contribution in [0, 0.1) is 0 Å². The summed E-state index contributed by atoms with van der Waals surface area (Å²) < 4.78 is 21.5. The van der Waals surface area contributed by atoms with Crippen LogP contribution in [0.5, 0.6) is 0 Å². The molecule has 0 bridgehead atoms. The summed E-state index contributed by atoms with van der Waals surface area (Å²) in [5.74, 6) is 0.275. The normalized spacial score (nSPS) is 28.5. The molecule has 1 saturated carbocycles. The Morgan fingerprint density at radius 2 is 2.08 bits per heavy atom. The summed E-state index contributed by atoms with van der Waals surface area (Å²) in [7, 11) is -2.79. The number of alkyl halides is 1. The van der Waals surface area contributed by atoms with Crippen LogP contribution >= 0.6 is 11.6 Å². The monoisotopic (exact) mass is 225 g/mol. The van der Waals surface area contributed by atoms with Crippen molar-refractivity contribution in [3.8, 4) is 0 Å². The molecule has 0 amide bonds. The van der Waals surface area contributed by atoms with Crippen LogP contribution < -0.4 is 5.32 Å². The van der Waals surface area contributed by atoms with E-state index in [1.54, 1.807) is 0 Å². The van der Waals surface area contributed by atoms with E-state index in [-0.39, 0.29) is 5.75 Å². The lowest BCUT2D eigenvalue weighted by Gasteiger charge is -2.31. The highest BCUT2D eigenvalue weighted by atomic mass is 35.5. The topological polar surface area (TPSA) is 46.2 Å². The van der Waals surface area contributed by atoms with Gasteiger partial charge in [0.1, 0.15) is 9.84 Å². The van der Waals surface area contributed by atoms with Crippen LogP contribution in [0.4, 0.5) is 0 Å². The summed E-state index contributed by atoms with van der Waals surface area (Å²) in [6.45, 7) is 0.779. The maximum absolute atomic E-state index is 10.8. The number of halogens is 1. The maximum Gasteiger partial charge on any atom is 0.147 e. The summed E-state index contributed by atoms with van der Waals surface area (Å²) in [6.07, 6.45) is 3.99. The largest absolute Gasteiger partial charge is 0.314 e. The lowest BCUT2D eigenvalue weighted by molar-refractivity contribution is 0.348. The van der Waals surface area contributed by atoms with Gasteiger partial charge in [0.25, 0.3) is 0 Å². The first-order valence-corrected chi connectivity index (χ1v) is 7.02. The van der Waals surface area contributed by atoms with Gasteiger partial charge in [-0.25, -0.2) is 8.42 Å². The second-order valence-electron chi connectivity index (χ2n) is 3.70. The average Bonchev–Trinajstić information content (AvgIpc) is 1.91. The van der Waals surface area contributed by atoms with Crippen molar-refractivity contribution in [2.24, 2.45) is 0 Å². The van der Waals surface area contributed by atoms with Crippen LogP contribution in [0.3, 0.4) is 0 Å². The minimum Gasteiger partial charge on any atom is -0.314 e. The Hall–Kier alpha value is 0.200. The Morgan fingerprint density at radius 1 is 1.46 bits per heavy atom. The van der Waals surface area contributed by atoms with Crippen molar-refractivity contribution in [2.45, 2.75) is 30.7 Å². The van der Waals surface area contributed by atoms with Gasteiger partial charge < -0.3 is 5.32 Å². The number of nitrogens with one attached hydrogen (secondary N) is 1. The Balaban J connectivity index is 1.96. The molecule has 0 spiro atoms. The molecule has 1 aliphatic rings. The molecule has 13 heavy (non-hydrogen) atoms. The molecule has 0 aromatic rings. The SMILES string of the molecule is CS(=O)(=O)CCCNC1CC(Cl)C1. The number of hydrogen-bond donors (Lipinski definition) is 1. The van der Waals surface area contributed by atoms with Gasteiger partial charge in [-0.1, -0.05) is 0 Å². The molecule has 0 aromatic carbocycles. The summed E-state index contributed by atoms with van der Waals surface area (Å²) in [5.41, 5.74) is 0. The zero-order valence-electron chi connectivity index (χ0n) is 7.79. The predicted molar refractivity (Wildman–Crippen MR) is 55.0 cm³/mol. The molecule has 0 heterocycles. The van der Waals surface area contributed by atoms with Crippen molar-refractivity contribution in [2.75, 3.05) is 18.6 Å². The molecule has 0 aliphatic heterocycles. The Morgan fingerprint density at radius 3 is 2.54 bits per heavy atom. The molecule has 5 heteroatoms. The first-order chi connectivity index (χ1) is 5.97. The van der Waals surface area contributed by atoms with E-state index >= 15 is 0 Å². The summed E-state index contributed by atoms with van der Waals surface area (Å²) >= 11 is 5.79. The fraction of sp³-hybridized carbons (Fsp3) is 1.00. The molecular weight excluding hydrogens is 210 g/mol. The molecule has 0 radical (unpaired) electrons. The van der Waals surface area contributed by atoms with Gasteiger partial charge in [0.15, 0.2) is 0 Å². The third kappa shape index (κ3) is 4.84. The van der Waals surface area contributed by atoms with Gasteiger partial charge in [0.05, 0.1) is 5.75 Å². The van der Waals surface area contributed by atoms with Gasteiger partial charge in [0.2, 0.25) is 0 Å². The van der Waals surface area contributed by atoms with E-state index in [4.69, 9.17) is 11.6 Å². The zero-order chi connectivity index (χ0) is 9.90. The van der Waals surface area contributed by atoms with E-state index < -0.39 is 9.84 Å². The van der Waals surface area contributed by atoms with Crippen molar-refractivity contribution in [3.63, 3.8) is 0 Å². The molecule has 0 unspecified atom stereocenters. The quantitative estimate of drug-likeness (QED) is 0.556. The highest BCUT2D eigenvalue weighted by Crippen LogP contribution is 2.24. The minimum absolute atomic E-state index is 0.275. The maximum atomic E-state index is 10.8. The molecular formula is C8H16ClNO2S.